The minimum absolute atomic E-state index is 0.178. The Labute approximate surface area is 396 Å². The van der Waals surface area contributed by atoms with E-state index in [4.69, 9.17) is 116 Å². The molecule has 6 aromatic carbocycles. The highest BCUT2D eigenvalue weighted by Crippen LogP contribution is 2.65. The van der Waals surface area contributed by atoms with Gasteiger partial charge in [0.1, 0.15) is 0 Å². The average molecular weight is 981 g/mol. The van der Waals surface area contributed by atoms with Gasteiger partial charge >= 0.3 is 0 Å². The second-order valence-electron chi connectivity index (χ2n) is 15.7. The lowest BCUT2D eigenvalue weighted by molar-refractivity contribution is 0.569. The first-order chi connectivity index (χ1) is 28.9. The Hall–Kier alpha value is -2.82. The van der Waals surface area contributed by atoms with Crippen LogP contribution in [0.15, 0.2) is 131 Å². The third-order valence-corrected chi connectivity index (χ3v) is 16.1. The molecule has 0 spiro atoms. The summed E-state index contributed by atoms with van der Waals surface area (Å²) in [5.74, 6) is -1.06. The summed E-state index contributed by atoms with van der Waals surface area (Å²) in [5, 5.41) is 7.60. The largest absolute Gasteiger partial charge is 0.117 e. The third kappa shape index (κ3) is 5.80. The number of halogens is 10. The smallest absolute Gasteiger partial charge is 0.0637 e. The van der Waals surface area contributed by atoms with Gasteiger partial charge in [0.25, 0.3) is 0 Å². The molecule has 6 aromatic rings. The minimum Gasteiger partial charge on any atom is -0.117 e. The summed E-state index contributed by atoms with van der Waals surface area (Å²) in [6, 6.07) is 23.3. The first-order valence-electron chi connectivity index (χ1n) is 19.2. The second-order valence-corrected chi connectivity index (χ2v) is 20.0. The lowest BCUT2D eigenvalue weighted by atomic mass is 9.63. The number of alkyl halides is 2. The molecule has 0 saturated heterocycles. The molecule has 5 aliphatic rings. The van der Waals surface area contributed by atoms with Crippen molar-refractivity contribution in [2.75, 3.05) is 0 Å². The summed E-state index contributed by atoms with van der Waals surface area (Å²) in [7, 11) is 0. The van der Waals surface area contributed by atoms with Gasteiger partial charge in [-0.3, -0.25) is 0 Å². The van der Waals surface area contributed by atoms with Crippen LogP contribution < -0.4 is 0 Å². The van der Waals surface area contributed by atoms with Gasteiger partial charge in [0, 0.05) is 80.6 Å². The van der Waals surface area contributed by atoms with Crippen LogP contribution in [0.3, 0.4) is 0 Å². The van der Waals surface area contributed by atoms with Crippen molar-refractivity contribution in [2.24, 2.45) is 17.8 Å². The molecule has 0 saturated carbocycles. The van der Waals surface area contributed by atoms with Gasteiger partial charge in [0.2, 0.25) is 0 Å². The van der Waals surface area contributed by atoms with Crippen molar-refractivity contribution in [3.05, 3.63) is 183 Å². The molecule has 0 fully saturated rings. The van der Waals surface area contributed by atoms with E-state index in [1.165, 1.54) is 0 Å². The number of hydrogen-bond donors (Lipinski definition) is 0. The Morgan fingerprint density at radius 1 is 0.450 bits per heavy atom. The molecular weight excluding hydrogens is 955 g/mol. The number of benzene rings is 6. The highest BCUT2D eigenvalue weighted by atomic mass is 35.5. The van der Waals surface area contributed by atoms with Crippen LogP contribution >= 0.6 is 116 Å². The summed E-state index contributed by atoms with van der Waals surface area (Å²) in [6.45, 7) is 0. The van der Waals surface area contributed by atoms with Gasteiger partial charge in [-0.2, -0.15) is 0 Å². The van der Waals surface area contributed by atoms with Crippen LogP contribution in [0.1, 0.15) is 28.2 Å². The van der Waals surface area contributed by atoms with Crippen LogP contribution in [-0.2, 0) is 0 Å². The Morgan fingerprint density at radius 3 is 1.42 bits per heavy atom. The summed E-state index contributed by atoms with van der Waals surface area (Å²) < 4.78 is 0. The molecule has 0 bridgehead atoms. The van der Waals surface area contributed by atoms with Crippen LogP contribution in [0.5, 0.6) is 0 Å². The molecule has 0 nitrogen and oxygen atoms in total. The van der Waals surface area contributed by atoms with Crippen molar-refractivity contribution >= 4 is 149 Å². The highest BCUT2D eigenvalue weighted by Gasteiger charge is 2.49. The van der Waals surface area contributed by atoms with Crippen molar-refractivity contribution in [3.8, 4) is 33.4 Å². The SMILES string of the molecule is ClC1=CC=CC(Cl)C1C1=CC2C(C3C(Cl)=CC=CC3Cl)=Cc3c(-c4c(Cl)cccc4Cl)cc4c(-c5c(Cl)cccc5Cl)cc5c(-c6c(Cl)cccc6Cl)cc1c1c5c4c3C12. The normalized spacial score (nSPS) is 23.4. The van der Waals surface area contributed by atoms with E-state index in [-0.39, 0.29) is 23.7 Å². The van der Waals surface area contributed by atoms with E-state index in [0.29, 0.717) is 51.3 Å². The van der Waals surface area contributed by atoms with E-state index in [9.17, 15) is 0 Å². The maximum Gasteiger partial charge on any atom is 0.0637 e. The van der Waals surface area contributed by atoms with Crippen molar-refractivity contribution in [3.63, 3.8) is 0 Å². The van der Waals surface area contributed by atoms with Crippen LogP contribution in [0.25, 0.3) is 66.6 Å². The fourth-order valence-electron chi connectivity index (χ4n) is 10.4. The molecule has 0 N–H and O–H groups in total. The molecule has 0 aromatic heterocycles. The molecule has 0 radical (unpaired) electrons. The molecule has 0 amide bonds. The fourth-order valence-corrected chi connectivity index (χ4v) is 13.7. The molecule has 60 heavy (non-hydrogen) atoms. The van der Waals surface area contributed by atoms with Gasteiger partial charge < -0.3 is 0 Å². The summed E-state index contributed by atoms with van der Waals surface area (Å²) in [5.41, 5.74) is 11.1. The van der Waals surface area contributed by atoms with Gasteiger partial charge in [-0.15, -0.1) is 23.2 Å². The van der Waals surface area contributed by atoms with Gasteiger partial charge in [-0.25, -0.2) is 0 Å². The predicted molar refractivity (Wildman–Crippen MR) is 262 cm³/mol. The van der Waals surface area contributed by atoms with Gasteiger partial charge in [-0.05, 0) is 133 Å². The van der Waals surface area contributed by atoms with Crippen LogP contribution in [0, 0.1) is 17.8 Å². The molecule has 11 rings (SSSR count). The third-order valence-electron chi connectivity index (χ3n) is 12.7. The quantitative estimate of drug-likeness (QED) is 0.119. The molecule has 0 aliphatic heterocycles. The molecule has 0 heterocycles. The van der Waals surface area contributed by atoms with Crippen molar-refractivity contribution < 1.29 is 0 Å². The molecular formula is C50H26Cl10. The molecule has 6 unspecified atom stereocenters. The van der Waals surface area contributed by atoms with Crippen LogP contribution in [-0.4, -0.2) is 10.8 Å². The summed E-state index contributed by atoms with van der Waals surface area (Å²) >= 11 is 71.9. The second kappa shape index (κ2) is 14.9. The van der Waals surface area contributed by atoms with E-state index in [1.807, 2.05) is 91.1 Å². The summed E-state index contributed by atoms with van der Waals surface area (Å²) in [4.78, 5) is 0. The number of rotatable bonds is 5. The zero-order chi connectivity index (χ0) is 41.5. The van der Waals surface area contributed by atoms with Crippen LogP contribution in [0.4, 0.5) is 0 Å². The monoisotopic (exact) mass is 976 g/mol. The first kappa shape index (κ1) is 40.0. The molecule has 10 heteroatoms. The Morgan fingerprint density at radius 2 is 0.900 bits per heavy atom. The number of allylic oxidation sites excluding steroid dienone is 11. The lowest BCUT2D eigenvalue weighted by Crippen LogP contribution is -2.31. The van der Waals surface area contributed by atoms with Gasteiger partial charge in [0.05, 0.1) is 10.8 Å². The van der Waals surface area contributed by atoms with Gasteiger partial charge in [-0.1, -0.05) is 153 Å². The minimum atomic E-state index is -0.420. The van der Waals surface area contributed by atoms with Crippen LogP contribution in [0.2, 0.25) is 30.1 Å². The molecule has 6 atom stereocenters. The Kier molecular flexibility index (Phi) is 9.92. The van der Waals surface area contributed by atoms with Crippen molar-refractivity contribution in [1.82, 2.24) is 0 Å². The average Bonchev–Trinajstić information content (AvgIpc) is 3.56. The maximum absolute atomic E-state index is 7.28. The topological polar surface area (TPSA) is 0 Å². The lowest BCUT2D eigenvalue weighted by Gasteiger charge is -2.42. The van der Waals surface area contributed by atoms with E-state index in [1.54, 1.807) is 0 Å². The Bertz CT molecular complexity index is 3080. The van der Waals surface area contributed by atoms with Crippen molar-refractivity contribution in [2.45, 2.75) is 16.7 Å². The first-order valence-corrected chi connectivity index (χ1v) is 23.1. The molecule has 5 aliphatic carbocycles. The van der Waals surface area contributed by atoms with Gasteiger partial charge in [0.15, 0.2) is 0 Å². The van der Waals surface area contributed by atoms with E-state index >= 15 is 0 Å². The van der Waals surface area contributed by atoms with E-state index in [0.717, 1.165) is 77.2 Å². The molecule has 296 valence electrons. The summed E-state index contributed by atoms with van der Waals surface area (Å²) in [6.07, 6.45) is 16.3. The zero-order valence-corrected chi connectivity index (χ0v) is 38.4. The maximum atomic E-state index is 7.28. The number of hydrogen-bond acceptors (Lipinski definition) is 0. The predicted octanol–water partition coefficient (Wildman–Crippen LogP) is 18.6. The zero-order valence-electron chi connectivity index (χ0n) is 30.8. The Balaban J connectivity index is 1.38. The standard InChI is InChI=1S/C50H26Cl10/c51-31-6-1-7-32(52)41(31)21-16-27-23(43-35(55)10-3-11-36(43)56)18-29-25(45-39(59)14-5-15-40(45)60)20-30-24(44-37(57)12-4-13-38(44)58)19-28-22(42-33(53)8-2-9-34(42)54)17-26(21)46-47(27)49(29)50(30)48(28)46/h1-20,26,31,33,41-42,46H. The highest BCUT2D eigenvalue weighted by molar-refractivity contribution is 6.43. The van der Waals surface area contributed by atoms with Crippen molar-refractivity contribution in [1.29, 1.82) is 0 Å². The van der Waals surface area contributed by atoms with E-state index < -0.39 is 10.8 Å². The fraction of sp³-hybridized carbons (Fsp3) is 0.120. The van der Waals surface area contributed by atoms with E-state index in [2.05, 4.69) is 30.4 Å².